The number of amides is 1. The van der Waals surface area contributed by atoms with Gasteiger partial charge in [0, 0.05) is 10.6 Å². The van der Waals surface area contributed by atoms with E-state index in [9.17, 15) is 14.7 Å². The molecule has 21 heavy (non-hydrogen) atoms. The van der Waals surface area contributed by atoms with Crippen molar-refractivity contribution in [3.8, 4) is 5.75 Å². The van der Waals surface area contributed by atoms with Gasteiger partial charge in [-0.15, -0.1) is 0 Å². The standard InChI is InChI=1S/C15H12ClNO4/c16-11-3-1-2-10(8-11)15(21)17-12-6-9(7-14(19)20)4-5-13(12)18/h1-6,8,18H,7H2,(H,17,21)(H,19,20). The van der Waals surface area contributed by atoms with Crippen LogP contribution in [0.4, 0.5) is 5.69 Å². The molecular formula is C15H12ClNO4. The lowest BCUT2D eigenvalue weighted by atomic mass is 10.1. The van der Waals surface area contributed by atoms with Crippen LogP contribution in [0.25, 0.3) is 0 Å². The molecule has 1 amide bonds. The van der Waals surface area contributed by atoms with Crippen LogP contribution < -0.4 is 5.32 Å². The Labute approximate surface area is 125 Å². The SMILES string of the molecule is O=C(O)Cc1ccc(O)c(NC(=O)c2cccc(Cl)c2)c1. The average Bonchev–Trinajstić information content (AvgIpc) is 2.42. The van der Waals surface area contributed by atoms with Crippen molar-refractivity contribution in [3.63, 3.8) is 0 Å². The predicted molar refractivity (Wildman–Crippen MR) is 78.9 cm³/mol. The number of hydrogen-bond acceptors (Lipinski definition) is 3. The molecule has 0 unspecified atom stereocenters. The second-order valence-corrected chi connectivity index (χ2v) is 4.82. The van der Waals surface area contributed by atoms with Gasteiger partial charge in [-0.3, -0.25) is 9.59 Å². The zero-order chi connectivity index (χ0) is 15.4. The fourth-order valence-electron chi connectivity index (χ4n) is 1.79. The third kappa shape index (κ3) is 3.97. The van der Waals surface area contributed by atoms with E-state index in [2.05, 4.69) is 5.32 Å². The van der Waals surface area contributed by atoms with Gasteiger partial charge < -0.3 is 15.5 Å². The molecule has 0 aliphatic carbocycles. The second-order valence-electron chi connectivity index (χ2n) is 4.39. The molecule has 108 valence electrons. The molecule has 2 aromatic carbocycles. The summed E-state index contributed by atoms with van der Waals surface area (Å²) < 4.78 is 0. The number of carbonyl (C=O) groups excluding carboxylic acids is 1. The molecule has 3 N–H and O–H groups in total. The van der Waals surface area contributed by atoms with Crippen LogP contribution in [0.3, 0.4) is 0 Å². The lowest BCUT2D eigenvalue weighted by Crippen LogP contribution is -2.12. The highest BCUT2D eigenvalue weighted by molar-refractivity contribution is 6.31. The average molecular weight is 306 g/mol. The third-order valence-corrected chi connectivity index (χ3v) is 2.99. The summed E-state index contributed by atoms with van der Waals surface area (Å²) in [7, 11) is 0. The quantitative estimate of drug-likeness (QED) is 0.758. The summed E-state index contributed by atoms with van der Waals surface area (Å²) in [4.78, 5) is 22.7. The summed E-state index contributed by atoms with van der Waals surface area (Å²) in [5.74, 6) is -1.58. The summed E-state index contributed by atoms with van der Waals surface area (Å²) in [6.45, 7) is 0. The lowest BCUT2D eigenvalue weighted by Gasteiger charge is -2.09. The Hall–Kier alpha value is -2.53. The minimum absolute atomic E-state index is 0.139. The summed E-state index contributed by atoms with van der Waals surface area (Å²) in [5, 5.41) is 21.4. The molecule has 0 radical (unpaired) electrons. The molecule has 0 aliphatic heterocycles. The number of halogens is 1. The molecule has 0 bridgehead atoms. The minimum Gasteiger partial charge on any atom is -0.506 e. The molecular weight excluding hydrogens is 294 g/mol. The Morgan fingerprint density at radius 3 is 2.57 bits per heavy atom. The number of carboxylic acid groups (broad SMARTS) is 1. The normalized spacial score (nSPS) is 10.1. The highest BCUT2D eigenvalue weighted by Crippen LogP contribution is 2.25. The Bertz CT molecular complexity index is 700. The van der Waals surface area contributed by atoms with E-state index in [0.29, 0.717) is 16.1 Å². The topological polar surface area (TPSA) is 86.6 Å². The first-order valence-electron chi connectivity index (χ1n) is 6.06. The number of anilines is 1. The van der Waals surface area contributed by atoms with Crippen LogP contribution in [0.2, 0.25) is 5.02 Å². The first kappa shape index (κ1) is 14.9. The molecule has 0 heterocycles. The predicted octanol–water partition coefficient (Wildman–Crippen LogP) is 2.93. The van der Waals surface area contributed by atoms with E-state index in [1.165, 1.54) is 24.3 Å². The maximum absolute atomic E-state index is 12.1. The number of aromatic hydroxyl groups is 1. The van der Waals surface area contributed by atoms with Gasteiger partial charge in [-0.25, -0.2) is 0 Å². The molecule has 0 saturated carbocycles. The van der Waals surface area contributed by atoms with Crippen LogP contribution in [0, 0.1) is 0 Å². The number of carbonyl (C=O) groups is 2. The number of benzene rings is 2. The first-order valence-corrected chi connectivity index (χ1v) is 6.44. The van der Waals surface area contributed by atoms with Crippen LogP contribution in [0.5, 0.6) is 5.75 Å². The molecule has 2 rings (SSSR count). The van der Waals surface area contributed by atoms with Crippen molar-refractivity contribution in [2.75, 3.05) is 5.32 Å². The lowest BCUT2D eigenvalue weighted by molar-refractivity contribution is -0.136. The van der Waals surface area contributed by atoms with Crippen LogP contribution in [-0.2, 0) is 11.2 Å². The van der Waals surface area contributed by atoms with Crippen molar-refractivity contribution >= 4 is 29.2 Å². The largest absolute Gasteiger partial charge is 0.506 e. The summed E-state index contributed by atoms with van der Waals surface area (Å²) in [5.41, 5.74) is 0.964. The van der Waals surface area contributed by atoms with Gasteiger partial charge in [0.15, 0.2) is 0 Å². The molecule has 0 saturated heterocycles. The Morgan fingerprint density at radius 2 is 1.90 bits per heavy atom. The van der Waals surface area contributed by atoms with Crippen molar-refractivity contribution in [3.05, 3.63) is 58.6 Å². The van der Waals surface area contributed by atoms with E-state index in [1.807, 2.05) is 0 Å². The van der Waals surface area contributed by atoms with Crippen LogP contribution in [0.1, 0.15) is 15.9 Å². The van der Waals surface area contributed by atoms with Gasteiger partial charge in [0.2, 0.25) is 0 Å². The summed E-state index contributed by atoms with van der Waals surface area (Å²) in [6, 6.07) is 10.6. The number of aliphatic carboxylic acids is 1. The molecule has 5 nitrogen and oxygen atoms in total. The molecule has 6 heteroatoms. The van der Waals surface area contributed by atoms with Gasteiger partial charge in [-0.1, -0.05) is 23.7 Å². The number of nitrogens with one attached hydrogen (secondary N) is 1. The molecule has 0 aliphatic rings. The Balaban J connectivity index is 2.22. The maximum Gasteiger partial charge on any atom is 0.307 e. The van der Waals surface area contributed by atoms with Crippen LogP contribution in [0.15, 0.2) is 42.5 Å². The van der Waals surface area contributed by atoms with Crippen LogP contribution >= 0.6 is 11.6 Å². The maximum atomic E-state index is 12.1. The highest BCUT2D eigenvalue weighted by atomic mass is 35.5. The van der Waals surface area contributed by atoms with Gasteiger partial charge in [-0.05, 0) is 35.9 Å². The van der Waals surface area contributed by atoms with Gasteiger partial charge in [0.05, 0.1) is 12.1 Å². The van der Waals surface area contributed by atoms with Crippen molar-refractivity contribution < 1.29 is 19.8 Å². The zero-order valence-electron chi connectivity index (χ0n) is 10.8. The highest BCUT2D eigenvalue weighted by Gasteiger charge is 2.11. The Kier molecular flexibility index (Phi) is 4.45. The number of carboxylic acids is 1. The van der Waals surface area contributed by atoms with Gasteiger partial charge >= 0.3 is 5.97 Å². The van der Waals surface area contributed by atoms with Gasteiger partial charge in [0.1, 0.15) is 5.75 Å². The van der Waals surface area contributed by atoms with Crippen molar-refractivity contribution in [1.29, 1.82) is 0 Å². The fourth-order valence-corrected chi connectivity index (χ4v) is 1.98. The number of hydrogen-bond donors (Lipinski definition) is 3. The van der Waals surface area contributed by atoms with E-state index in [0.717, 1.165) is 0 Å². The summed E-state index contributed by atoms with van der Waals surface area (Å²) in [6.07, 6.45) is -0.194. The summed E-state index contributed by atoms with van der Waals surface area (Å²) >= 11 is 5.81. The van der Waals surface area contributed by atoms with Crippen molar-refractivity contribution in [2.24, 2.45) is 0 Å². The smallest absolute Gasteiger partial charge is 0.307 e. The molecule has 0 fully saturated rings. The van der Waals surface area contributed by atoms with E-state index >= 15 is 0 Å². The Morgan fingerprint density at radius 1 is 1.14 bits per heavy atom. The minimum atomic E-state index is -0.993. The van der Waals surface area contributed by atoms with Crippen molar-refractivity contribution in [2.45, 2.75) is 6.42 Å². The molecule has 2 aromatic rings. The second kappa shape index (κ2) is 6.28. The number of phenols is 1. The first-order chi connectivity index (χ1) is 9.95. The third-order valence-electron chi connectivity index (χ3n) is 2.75. The van der Waals surface area contributed by atoms with E-state index in [4.69, 9.17) is 16.7 Å². The molecule has 0 atom stereocenters. The fraction of sp³-hybridized carbons (Fsp3) is 0.0667. The monoisotopic (exact) mass is 305 g/mol. The van der Waals surface area contributed by atoms with Crippen LogP contribution in [-0.4, -0.2) is 22.1 Å². The van der Waals surface area contributed by atoms with E-state index in [1.54, 1.807) is 18.2 Å². The van der Waals surface area contributed by atoms with Gasteiger partial charge in [-0.2, -0.15) is 0 Å². The van der Waals surface area contributed by atoms with E-state index < -0.39 is 11.9 Å². The molecule has 0 aromatic heterocycles. The van der Waals surface area contributed by atoms with Gasteiger partial charge in [0.25, 0.3) is 5.91 Å². The number of rotatable bonds is 4. The van der Waals surface area contributed by atoms with E-state index in [-0.39, 0.29) is 17.9 Å². The molecule has 0 spiro atoms. The van der Waals surface area contributed by atoms with Crippen molar-refractivity contribution in [1.82, 2.24) is 0 Å². The zero-order valence-corrected chi connectivity index (χ0v) is 11.6. The number of phenolic OH excluding ortho intramolecular Hbond substituents is 1.